The molecular weight excluding hydrogens is 342 g/mol. The second kappa shape index (κ2) is 6.26. The van der Waals surface area contributed by atoms with Crippen molar-refractivity contribution in [3.63, 3.8) is 0 Å². The molecular formula is C20H23N5O2. The molecule has 1 aliphatic rings. The largest absolute Gasteiger partial charge is 0.311 e. The van der Waals surface area contributed by atoms with Crippen LogP contribution in [0.15, 0.2) is 35.1 Å². The molecule has 4 rings (SSSR count). The molecule has 1 aromatic carbocycles. The number of hydrogen-bond donors (Lipinski definition) is 2. The summed E-state index contributed by atoms with van der Waals surface area (Å²) in [7, 11) is 0. The Hall–Kier alpha value is -3.09. The molecule has 2 N–H and O–H groups in total. The van der Waals surface area contributed by atoms with Gasteiger partial charge in [0.25, 0.3) is 5.56 Å². The molecule has 140 valence electrons. The number of aryl methyl sites for hydroxylation is 1. The number of nitrogens with zero attached hydrogens (tertiary/aromatic N) is 3. The van der Waals surface area contributed by atoms with Crippen LogP contribution in [0.4, 0.5) is 5.82 Å². The van der Waals surface area contributed by atoms with Gasteiger partial charge < -0.3 is 5.32 Å². The zero-order valence-electron chi connectivity index (χ0n) is 15.9. The Morgan fingerprint density at radius 3 is 2.48 bits per heavy atom. The predicted octanol–water partition coefficient (Wildman–Crippen LogP) is 3.03. The fourth-order valence-corrected chi connectivity index (χ4v) is 4.00. The van der Waals surface area contributed by atoms with Gasteiger partial charge >= 0.3 is 0 Å². The number of rotatable bonds is 3. The summed E-state index contributed by atoms with van der Waals surface area (Å²) in [6.45, 7) is 7.86. The maximum absolute atomic E-state index is 12.7. The van der Waals surface area contributed by atoms with Crippen LogP contribution in [0.3, 0.4) is 0 Å². The Bertz CT molecular complexity index is 1070. The molecule has 7 nitrogen and oxygen atoms in total. The molecule has 0 radical (unpaired) electrons. The third kappa shape index (κ3) is 2.70. The molecule has 0 saturated carbocycles. The number of amides is 1. The fourth-order valence-electron chi connectivity index (χ4n) is 4.00. The van der Waals surface area contributed by atoms with Gasteiger partial charge in [0.1, 0.15) is 5.82 Å². The summed E-state index contributed by atoms with van der Waals surface area (Å²) in [5.74, 6) is 0.171. The summed E-state index contributed by atoms with van der Waals surface area (Å²) >= 11 is 0. The minimum Gasteiger partial charge on any atom is -0.311 e. The van der Waals surface area contributed by atoms with Crippen LogP contribution >= 0.6 is 0 Å². The number of carbonyl (C=O) groups excluding carboxylic acids is 1. The lowest BCUT2D eigenvalue weighted by Crippen LogP contribution is -2.27. The minimum atomic E-state index is -0.310. The molecule has 1 atom stereocenters. The van der Waals surface area contributed by atoms with Gasteiger partial charge in [-0.25, -0.2) is 4.68 Å². The first-order valence-electron chi connectivity index (χ1n) is 9.14. The molecule has 7 heteroatoms. The fraction of sp³-hybridized carbons (Fsp3) is 0.350. The number of aromatic amines is 1. The third-order valence-electron chi connectivity index (χ3n) is 5.17. The van der Waals surface area contributed by atoms with Crippen molar-refractivity contribution >= 4 is 11.7 Å². The molecule has 1 aliphatic heterocycles. The highest BCUT2D eigenvalue weighted by Gasteiger charge is 2.36. The summed E-state index contributed by atoms with van der Waals surface area (Å²) < 4.78 is 3.61. The van der Waals surface area contributed by atoms with Gasteiger partial charge in [0.2, 0.25) is 5.91 Å². The van der Waals surface area contributed by atoms with Crippen LogP contribution in [0.5, 0.6) is 0 Å². The van der Waals surface area contributed by atoms with Gasteiger partial charge in [0.15, 0.2) is 0 Å². The van der Waals surface area contributed by atoms with Crippen molar-refractivity contribution in [3.05, 3.63) is 63.2 Å². The van der Waals surface area contributed by atoms with E-state index in [1.807, 2.05) is 62.7 Å². The van der Waals surface area contributed by atoms with Crippen LogP contribution in [0.2, 0.25) is 0 Å². The van der Waals surface area contributed by atoms with E-state index in [1.165, 1.54) is 0 Å². The predicted molar refractivity (Wildman–Crippen MR) is 104 cm³/mol. The van der Waals surface area contributed by atoms with E-state index in [0.717, 1.165) is 22.6 Å². The number of para-hydroxylation sites is 1. The van der Waals surface area contributed by atoms with Crippen molar-refractivity contribution in [2.75, 3.05) is 5.32 Å². The van der Waals surface area contributed by atoms with Crippen molar-refractivity contribution < 1.29 is 4.79 Å². The maximum Gasteiger partial charge on any atom is 0.270 e. The van der Waals surface area contributed by atoms with Crippen LogP contribution < -0.4 is 10.9 Å². The first-order valence-corrected chi connectivity index (χ1v) is 9.14. The quantitative estimate of drug-likeness (QED) is 0.748. The average molecular weight is 365 g/mol. The van der Waals surface area contributed by atoms with Gasteiger partial charge in [-0.1, -0.05) is 18.2 Å². The van der Waals surface area contributed by atoms with Crippen LogP contribution in [-0.4, -0.2) is 25.5 Å². The monoisotopic (exact) mass is 365 g/mol. The highest BCUT2D eigenvalue weighted by Crippen LogP contribution is 2.39. The van der Waals surface area contributed by atoms with E-state index in [-0.39, 0.29) is 29.8 Å². The van der Waals surface area contributed by atoms with Crippen molar-refractivity contribution in [1.82, 2.24) is 19.6 Å². The Balaban J connectivity index is 1.90. The number of benzene rings is 1. The van der Waals surface area contributed by atoms with E-state index < -0.39 is 0 Å². The van der Waals surface area contributed by atoms with Crippen LogP contribution in [0.25, 0.3) is 5.69 Å². The van der Waals surface area contributed by atoms with Crippen LogP contribution in [0.1, 0.15) is 54.7 Å². The normalized spacial score (nSPS) is 16.5. The van der Waals surface area contributed by atoms with Crippen molar-refractivity contribution in [1.29, 1.82) is 0 Å². The number of fused-ring (bicyclic) bond motifs is 1. The minimum absolute atomic E-state index is 0.0368. The lowest BCUT2D eigenvalue weighted by molar-refractivity contribution is -0.116. The molecule has 0 fully saturated rings. The standard InChI is InChI=1S/C20H23N5O2/c1-11(2)24-19-18(20(27)23-24)15(10-16(26)21-19)17-12(3)22-25(13(17)4)14-8-6-5-7-9-14/h5-9,11,15H,10H2,1-4H3,(H,21,26)(H,23,27)/t15-/m0/s1. The smallest absolute Gasteiger partial charge is 0.270 e. The lowest BCUT2D eigenvalue weighted by atomic mass is 9.86. The molecule has 2 aromatic heterocycles. The van der Waals surface area contributed by atoms with E-state index in [0.29, 0.717) is 11.4 Å². The first kappa shape index (κ1) is 17.3. The van der Waals surface area contributed by atoms with E-state index in [4.69, 9.17) is 5.10 Å². The van der Waals surface area contributed by atoms with Gasteiger partial charge in [-0.2, -0.15) is 5.10 Å². The number of anilines is 1. The summed E-state index contributed by atoms with van der Waals surface area (Å²) in [4.78, 5) is 25.1. The number of aromatic nitrogens is 4. The van der Waals surface area contributed by atoms with Gasteiger partial charge in [0, 0.05) is 29.6 Å². The zero-order valence-corrected chi connectivity index (χ0v) is 15.9. The van der Waals surface area contributed by atoms with E-state index >= 15 is 0 Å². The molecule has 0 saturated heterocycles. The average Bonchev–Trinajstić information content (AvgIpc) is 3.12. The second-order valence-corrected chi connectivity index (χ2v) is 7.30. The molecule has 0 aliphatic carbocycles. The number of hydrogen-bond acceptors (Lipinski definition) is 3. The molecule has 27 heavy (non-hydrogen) atoms. The van der Waals surface area contributed by atoms with Crippen molar-refractivity contribution in [3.8, 4) is 5.69 Å². The van der Waals surface area contributed by atoms with Gasteiger partial charge in [-0.15, -0.1) is 0 Å². The number of nitrogens with one attached hydrogen (secondary N) is 2. The van der Waals surface area contributed by atoms with Gasteiger partial charge in [-0.05, 0) is 39.8 Å². The summed E-state index contributed by atoms with van der Waals surface area (Å²) in [5.41, 5.74) is 4.14. The topological polar surface area (TPSA) is 84.7 Å². The highest BCUT2D eigenvalue weighted by atomic mass is 16.2. The van der Waals surface area contributed by atoms with Crippen molar-refractivity contribution in [2.24, 2.45) is 0 Å². The maximum atomic E-state index is 12.7. The van der Waals surface area contributed by atoms with Gasteiger partial charge in [-0.3, -0.25) is 19.4 Å². The molecule has 3 heterocycles. The number of carbonyl (C=O) groups is 1. The molecule has 3 aromatic rings. The lowest BCUT2D eigenvalue weighted by Gasteiger charge is -2.24. The summed E-state index contributed by atoms with van der Waals surface area (Å²) in [6, 6.07) is 9.90. The second-order valence-electron chi connectivity index (χ2n) is 7.30. The Labute approximate surface area is 157 Å². The Kier molecular flexibility index (Phi) is 4.02. The first-order chi connectivity index (χ1) is 12.9. The van der Waals surface area contributed by atoms with E-state index in [9.17, 15) is 9.59 Å². The zero-order chi connectivity index (χ0) is 19.3. The summed E-state index contributed by atoms with van der Waals surface area (Å²) in [5, 5.41) is 10.4. The third-order valence-corrected chi connectivity index (χ3v) is 5.17. The van der Waals surface area contributed by atoms with Gasteiger partial charge in [0.05, 0.1) is 16.9 Å². The molecule has 1 amide bonds. The summed E-state index contributed by atoms with van der Waals surface area (Å²) in [6.07, 6.45) is 0.236. The number of H-pyrrole nitrogens is 1. The SMILES string of the molecule is Cc1nn(-c2ccccc2)c(C)c1[C@@H]1CC(=O)Nc2c1c(=O)[nH]n2C(C)C. The molecule has 0 bridgehead atoms. The van der Waals surface area contributed by atoms with Crippen molar-refractivity contribution in [2.45, 2.75) is 46.1 Å². The highest BCUT2D eigenvalue weighted by molar-refractivity contribution is 5.94. The molecule has 0 unspecified atom stereocenters. The van der Waals surface area contributed by atoms with E-state index in [2.05, 4.69) is 10.4 Å². The molecule has 0 spiro atoms. The Morgan fingerprint density at radius 2 is 1.81 bits per heavy atom. The van der Waals surface area contributed by atoms with Crippen LogP contribution in [-0.2, 0) is 4.79 Å². The van der Waals surface area contributed by atoms with Crippen LogP contribution in [0, 0.1) is 13.8 Å². The van der Waals surface area contributed by atoms with E-state index in [1.54, 1.807) is 4.68 Å². The Morgan fingerprint density at radius 1 is 1.11 bits per heavy atom.